The Morgan fingerprint density at radius 1 is 1.28 bits per heavy atom. The average molecular weight is 369 g/mol. The lowest BCUT2D eigenvalue weighted by molar-refractivity contribution is -0.136. The van der Waals surface area contributed by atoms with Crippen LogP contribution in [0.15, 0.2) is 28.7 Å². The molecule has 0 saturated carbocycles. The van der Waals surface area contributed by atoms with Gasteiger partial charge in [0.05, 0.1) is 11.1 Å². The number of hydrogen-bond acceptors (Lipinski definition) is 4. The SMILES string of the molecule is Cc1cc(C(O)CCNC(=O)C(=O)Nc2ccc(F)c(Cl)c2)c(C)o1. The summed E-state index contributed by atoms with van der Waals surface area (Å²) in [5.74, 6) is -1.10. The zero-order valence-corrected chi connectivity index (χ0v) is 14.5. The Morgan fingerprint density at radius 2 is 2.00 bits per heavy atom. The van der Waals surface area contributed by atoms with Crippen molar-refractivity contribution in [1.29, 1.82) is 0 Å². The molecule has 134 valence electrons. The first kappa shape index (κ1) is 19.0. The third kappa shape index (κ3) is 5.04. The van der Waals surface area contributed by atoms with Crippen LogP contribution in [0, 0.1) is 19.7 Å². The van der Waals surface area contributed by atoms with Gasteiger partial charge >= 0.3 is 11.8 Å². The molecule has 2 amide bonds. The minimum Gasteiger partial charge on any atom is -0.466 e. The lowest BCUT2D eigenvalue weighted by Crippen LogP contribution is -2.36. The number of rotatable bonds is 5. The summed E-state index contributed by atoms with van der Waals surface area (Å²) < 4.78 is 18.4. The number of aryl methyl sites for hydroxylation is 2. The van der Waals surface area contributed by atoms with E-state index in [2.05, 4.69) is 10.6 Å². The molecule has 3 N–H and O–H groups in total. The first-order valence-corrected chi connectivity index (χ1v) is 7.95. The predicted molar refractivity (Wildman–Crippen MR) is 90.8 cm³/mol. The molecule has 1 aromatic heterocycles. The molecule has 1 atom stereocenters. The Labute approximate surface area is 149 Å². The summed E-state index contributed by atoms with van der Waals surface area (Å²) in [5, 5.41) is 14.7. The second-order valence-electron chi connectivity index (χ2n) is 5.51. The molecule has 0 aliphatic carbocycles. The molecule has 0 radical (unpaired) electrons. The van der Waals surface area contributed by atoms with E-state index >= 15 is 0 Å². The molecule has 1 unspecified atom stereocenters. The van der Waals surface area contributed by atoms with Gasteiger partial charge in [-0.2, -0.15) is 0 Å². The molecule has 2 aromatic rings. The molecule has 0 bridgehead atoms. The van der Waals surface area contributed by atoms with E-state index in [9.17, 15) is 19.1 Å². The number of halogens is 2. The molecule has 0 fully saturated rings. The normalized spacial score (nSPS) is 11.9. The molecular weight excluding hydrogens is 351 g/mol. The fourth-order valence-electron chi connectivity index (χ4n) is 2.30. The third-order valence-corrected chi connectivity index (χ3v) is 3.82. The Kier molecular flexibility index (Phi) is 6.17. The van der Waals surface area contributed by atoms with Gasteiger partial charge in [0.2, 0.25) is 0 Å². The van der Waals surface area contributed by atoms with Gasteiger partial charge in [-0.3, -0.25) is 9.59 Å². The van der Waals surface area contributed by atoms with Crippen molar-refractivity contribution in [2.75, 3.05) is 11.9 Å². The van der Waals surface area contributed by atoms with Crippen LogP contribution in [0.25, 0.3) is 0 Å². The number of aliphatic hydroxyl groups excluding tert-OH is 1. The number of aliphatic hydroxyl groups is 1. The van der Waals surface area contributed by atoms with Crippen LogP contribution >= 0.6 is 11.6 Å². The summed E-state index contributed by atoms with van der Waals surface area (Å²) in [6.45, 7) is 3.61. The van der Waals surface area contributed by atoms with Crippen LogP contribution in [0.2, 0.25) is 5.02 Å². The summed E-state index contributed by atoms with van der Waals surface area (Å²) in [7, 11) is 0. The van der Waals surface area contributed by atoms with Gasteiger partial charge in [0.1, 0.15) is 17.3 Å². The van der Waals surface area contributed by atoms with Crippen molar-refractivity contribution in [2.24, 2.45) is 0 Å². The summed E-state index contributed by atoms with van der Waals surface area (Å²) in [6.07, 6.45) is -0.585. The standard InChI is InChI=1S/C17H18ClFN2O4/c1-9-7-12(10(2)25-9)15(22)5-6-20-16(23)17(24)21-11-3-4-14(19)13(18)8-11/h3-4,7-8,15,22H,5-6H2,1-2H3,(H,20,23)(H,21,24). The van der Waals surface area contributed by atoms with Crippen LogP contribution in [0.4, 0.5) is 10.1 Å². The molecule has 25 heavy (non-hydrogen) atoms. The first-order valence-electron chi connectivity index (χ1n) is 7.57. The maximum atomic E-state index is 13.1. The van der Waals surface area contributed by atoms with Gasteiger partial charge in [-0.05, 0) is 44.5 Å². The van der Waals surface area contributed by atoms with Gasteiger partial charge in [0, 0.05) is 17.8 Å². The van der Waals surface area contributed by atoms with Gasteiger partial charge < -0.3 is 20.2 Å². The average Bonchev–Trinajstić information content (AvgIpc) is 2.89. The van der Waals surface area contributed by atoms with E-state index in [0.717, 1.165) is 6.07 Å². The maximum absolute atomic E-state index is 13.1. The molecule has 1 aromatic carbocycles. The highest BCUT2D eigenvalue weighted by molar-refractivity contribution is 6.39. The van der Waals surface area contributed by atoms with Gasteiger partial charge in [-0.1, -0.05) is 11.6 Å². The van der Waals surface area contributed by atoms with E-state index in [1.165, 1.54) is 12.1 Å². The topological polar surface area (TPSA) is 91.6 Å². The number of amides is 2. The summed E-state index contributed by atoms with van der Waals surface area (Å²) in [6, 6.07) is 5.31. The zero-order chi connectivity index (χ0) is 18.6. The first-order chi connectivity index (χ1) is 11.8. The number of anilines is 1. The van der Waals surface area contributed by atoms with Gasteiger partial charge in [0.15, 0.2) is 0 Å². The number of nitrogens with one attached hydrogen (secondary N) is 2. The fraction of sp³-hybridized carbons (Fsp3) is 0.294. The Bertz CT molecular complexity index is 791. The minimum absolute atomic E-state index is 0.0985. The van der Waals surface area contributed by atoms with E-state index in [4.69, 9.17) is 16.0 Å². The molecule has 8 heteroatoms. The monoisotopic (exact) mass is 368 g/mol. The summed E-state index contributed by atoms with van der Waals surface area (Å²) >= 11 is 5.61. The highest BCUT2D eigenvalue weighted by Crippen LogP contribution is 2.23. The Hall–Kier alpha value is -2.38. The lowest BCUT2D eigenvalue weighted by atomic mass is 10.1. The molecule has 0 aliphatic rings. The quantitative estimate of drug-likeness (QED) is 0.708. The van der Waals surface area contributed by atoms with Crippen LogP contribution in [0.3, 0.4) is 0 Å². The number of hydrogen-bond donors (Lipinski definition) is 3. The van der Waals surface area contributed by atoms with E-state index in [0.29, 0.717) is 17.1 Å². The third-order valence-electron chi connectivity index (χ3n) is 3.53. The number of carbonyl (C=O) groups is 2. The summed E-state index contributed by atoms with van der Waals surface area (Å²) in [5.41, 5.74) is 0.855. The van der Waals surface area contributed by atoms with E-state index in [1.807, 2.05) is 0 Å². The molecular formula is C17H18ClFN2O4. The van der Waals surface area contributed by atoms with Crippen LogP contribution in [-0.4, -0.2) is 23.5 Å². The molecule has 0 aliphatic heterocycles. The number of furan rings is 1. The zero-order valence-electron chi connectivity index (χ0n) is 13.7. The van der Waals surface area contributed by atoms with E-state index in [1.54, 1.807) is 19.9 Å². The Balaban J connectivity index is 1.82. The van der Waals surface area contributed by atoms with Gasteiger partial charge in [-0.15, -0.1) is 0 Å². The van der Waals surface area contributed by atoms with Crippen molar-refractivity contribution in [3.63, 3.8) is 0 Å². The second-order valence-corrected chi connectivity index (χ2v) is 5.92. The number of carbonyl (C=O) groups excluding carboxylic acids is 2. The molecule has 0 saturated heterocycles. The predicted octanol–water partition coefficient (Wildman–Crippen LogP) is 2.87. The smallest absolute Gasteiger partial charge is 0.313 e. The van der Waals surface area contributed by atoms with Gasteiger partial charge in [0.25, 0.3) is 0 Å². The molecule has 0 spiro atoms. The van der Waals surface area contributed by atoms with Crippen molar-refractivity contribution in [3.8, 4) is 0 Å². The van der Waals surface area contributed by atoms with Crippen molar-refractivity contribution in [2.45, 2.75) is 26.4 Å². The van der Waals surface area contributed by atoms with Crippen molar-refractivity contribution in [3.05, 3.63) is 52.2 Å². The van der Waals surface area contributed by atoms with E-state index < -0.39 is 23.7 Å². The molecule has 1 heterocycles. The highest BCUT2D eigenvalue weighted by Gasteiger charge is 2.17. The lowest BCUT2D eigenvalue weighted by Gasteiger charge is -2.11. The van der Waals surface area contributed by atoms with Crippen LogP contribution in [0.5, 0.6) is 0 Å². The van der Waals surface area contributed by atoms with Crippen LogP contribution in [0.1, 0.15) is 29.6 Å². The fourth-order valence-corrected chi connectivity index (χ4v) is 2.48. The summed E-state index contributed by atoms with van der Waals surface area (Å²) in [4.78, 5) is 23.5. The van der Waals surface area contributed by atoms with Crippen LogP contribution in [-0.2, 0) is 9.59 Å². The van der Waals surface area contributed by atoms with Crippen molar-refractivity contribution < 1.29 is 23.5 Å². The minimum atomic E-state index is -0.910. The highest BCUT2D eigenvalue weighted by atomic mass is 35.5. The van der Waals surface area contributed by atoms with Crippen LogP contribution < -0.4 is 10.6 Å². The molecule has 6 nitrogen and oxygen atoms in total. The van der Waals surface area contributed by atoms with Gasteiger partial charge in [-0.25, -0.2) is 4.39 Å². The Morgan fingerprint density at radius 3 is 2.60 bits per heavy atom. The van der Waals surface area contributed by atoms with E-state index in [-0.39, 0.29) is 23.7 Å². The van der Waals surface area contributed by atoms with Crippen molar-refractivity contribution in [1.82, 2.24) is 5.32 Å². The molecule has 2 rings (SSSR count). The maximum Gasteiger partial charge on any atom is 0.313 e. The second kappa shape index (κ2) is 8.13. The largest absolute Gasteiger partial charge is 0.466 e. The van der Waals surface area contributed by atoms with Crippen molar-refractivity contribution >= 4 is 29.1 Å². The number of benzene rings is 1.